The lowest BCUT2D eigenvalue weighted by Gasteiger charge is -2.18. The normalized spacial score (nSPS) is 14.1. The van der Waals surface area contributed by atoms with E-state index in [4.69, 9.17) is 13.8 Å². The zero-order valence-electron chi connectivity index (χ0n) is 37.8. The molecule has 60 heavy (non-hydrogen) atoms. The minimum Gasteiger partial charge on any atom is -0.480 e. The molecule has 1 amide bonds. The number of phosphoric ester groups is 1. The van der Waals surface area contributed by atoms with Crippen LogP contribution in [0.25, 0.3) is 0 Å². The van der Waals surface area contributed by atoms with Gasteiger partial charge < -0.3 is 25.2 Å². The number of nitrogens with one attached hydrogen (secondary N) is 1. The van der Waals surface area contributed by atoms with Gasteiger partial charge in [-0.25, -0.2) is 9.36 Å². The number of carboxylic acids is 1. The first-order chi connectivity index (χ1) is 29.1. The number of carbonyl (C=O) groups excluding carboxylic acids is 2. The Hall–Kier alpha value is -2.56. The Morgan fingerprint density at radius 2 is 0.917 bits per heavy atom. The first-order valence-electron chi connectivity index (χ1n) is 23.7. The number of ether oxygens (including phenoxy) is 1. The number of hydrogen-bond donors (Lipinski definition) is 4. The molecule has 0 spiro atoms. The van der Waals surface area contributed by atoms with Crippen molar-refractivity contribution in [2.45, 2.75) is 219 Å². The Balaban J connectivity index is 3.92. The lowest BCUT2D eigenvalue weighted by molar-refractivity contribution is -0.147. The van der Waals surface area contributed by atoms with Crippen LogP contribution < -0.4 is 5.32 Å². The van der Waals surface area contributed by atoms with Crippen molar-refractivity contribution in [3.05, 3.63) is 48.6 Å². The number of esters is 1. The fourth-order valence-corrected chi connectivity index (χ4v) is 7.19. The van der Waals surface area contributed by atoms with Crippen LogP contribution in [0.1, 0.15) is 206 Å². The minimum absolute atomic E-state index is 0.107. The predicted molar refractivity (Wildman–Crippen MR) is 245 cm³/mol. The summed E-state index contributed by atoms with van der Waals surface area (Å²) < 4.78 is 26.9. The number of carbonyl (C=O) groups is 3. The van der Waals surface area contributed by atoms with Gasteiger partial charge in [0, 0.05) is 12.8 Å². The lowest BCUT2D eigenvalue weighted by atomic mass is 10.0. The second kappa shape index (κ2) is 43.1. The standard InChI is InChI=1S/C48H86NO10P/c1-3-5-7-9-11-13-15-17-19-21-22-24-25-27-29-31-33-35-37-39-46(51)49-45(48(53)54)43-59-60(55,56)58-42-44(50)41-57-47(52)40-38-36-34-32-30-28-26-23-20-18-16-14-12-10-8-6-4-2/h11,13,17,19,22,24,27,29,44-45,50H,3-10,12,14-16,18,20-21,23,25-26,28,30-43H2,1-2H3,(H,49,51)(H,53,54)(H,55,56)/b13-11-,19-17-,24-22-,29-27-. The fraction of sp³-hybridized carbons (Fsp3) is 0.771. The highest BCUT2D eigenvalue weighted by Crippen LogP contribution is 2.43. The van der Waals surface area contributed by atoms with Crippen LogP contribution in [-0.2, 0) is 32.7 Å². The average Bonchev–Trinajstić information content (AvgIpc) is 3.22. The summed E-state index contributed by atoms with van der Waals surface area (Å²) in [5, 5.41) is 21.8. The zero-order valence-corrected chi connectivity index (χ0v) is 38.6. The van der Waals surface area contributed by atoms with Gasteiger partial charge in [-0.15, -0.1) is 0 Å². The van der Waals surface area contributed by atoms with Crippen molar-refractivity contribution in [2.24, 2.45) is 0 Å². The summed E-state index contributed by atoms with van der Waals surface area (Å²) in [7, 11) is -4.77. The topological polar surface area (TPSA) is 169 Å². The molecule has 0 radical (unpaired) electrons. The number of aliphatic carboxylic acids is 1. The van der Waals surface area contributed by atoms with Gasteiger partial charge in [0.05, 0.1) is 13.2 Å². The highest BCUT2D eigenvalue weighted by atomic mass is 31.2. The maximum Gasteiger partial charge on any atom is 0.472 e. The maximum atomic E-state index is 12.3. The molecule has 4 N–H and O–H groups in total. The van der Waals surface area contributed by atoms with E-state index in [1.807, 2.05) is 0 Å². The van der Waals surface area contributed by atoms with E-state index in [0.717, 1.165) is 57.8 Å². The SMILES string of the molecule is CCCCC/C=C\C/C=C\C/C=C\C/C=C\CCCCCC(=O)NC(COP(=O)(O)OCC(O)COC(=O)CCCCCCCCCCCCCCCCCCC)C(=O)O. The molecule has 0 bridgehead atoms. The van der Waals surface area contributed by atoms with E-state index in [-0.39, 0.29) is 12.8 Å². The first kappa shape index (κ1) is 57.4. The molecule has 0 aromatic rings. The van der Waals surface area contributed by atoms with Crippen molar-refractivity contribution >= 4 is 25.7 Å². The van der Waals surface area contributed by atoms with Crippen molar-refractivity contribution in [3.8, 4) is 0 Å². The highest BCUT2D eigenvalue weighted by Gasteiger charge is 2.28. The molecule has 0 fully saturated rings. The smallest absolute Gasteiger partial charge is 0.472 e. The summed E-state index contributed by atoms with van der Waals surface area (Å²) in [6, 6.07) is -1.56. The van der Waals surface area contributed by atoms with E-state index in [1.165, 1.54) is 109 Å². The molecule has 12 heteroatoms. The molecular weight excluding hydrogens is 781 g/mol. The van der Waals surface area contributed by atoms with Crippen molar-refractivity contribution < 1.29 is 47.8 Å². The summed E-state index contributed by atoms with van der Waals surface area (Å²) in [6.07, 6.45) is 48.4. The quantitative estimate of drug-likeness (QED) is 0.0200. The molecule has 11 nitrogen and oxygen atoms in total. The summed E-state index contributed by atoms with van der Waals surface area (Å²) in [5.41, 5.74) is 0. The van der Waals surface area contributed by atoms with Crippen molar-refractivity contribution in [3.63, 3.8) is 0 Å². The largest absolute Gasteiger partial charge is 0.480 e. The van der Waals surface area contributed by atoms with Crippen LogP contribution in [0.2, 0.25) is 0 Å². The number of rotatable bonds is 44. The van der Waals surface area contributed by atoms with Crippen LogP contribution in [0, 0.1) is 0 Å². The molecule has 0 saturated carbocycles. The van der Waals surface area contributed by atoms with Gasteiger partial charge in [0.15, 0.2) is 6.04 Å². The summed E-state index contributed by atoms with van der Waals surface area (Å²) in [5.74, 6) is -2.41. The lowest BCUT2D eigenvalue weighted by Crippen LogP contribution is -2.43. The molecular formula is C48H86NO10P. The second-order valence-electron chi connectivity index (χ2n) is 15.9. The van der Waals surface area contributed by atoms with E-state index >= 15 is 0 Å². The van der Waals surface area contributed by atoms with Gasteiger partial charge in [-0.05, 0) is 57.8 Å². The number of hydrogen-bond acceptors (Lipinski definition) is 8. The van der Waals surface area contributed by atoms with Gasteiger partial charge in [-0.1, -0.05) is 184 Å². The van der Waals surface area contributed by atoms with Gasteiger partial charge in [0.1, 0.15) is 12.7 Å². The Kier molecular flexibility index (Phi) is 41.3. The summed E-state index contributed by atoms with van der Waals surface area (Å²) in [6.45, 7) is 2.56. The van der Waals surface area contributed by atoms with Crippen LogP contribution in [0.3, 0.4) is 0 Å². The second-order valence-corrected chi connectivity index (χ2v) is 17.4. The fourth-order valence-electron chi connectivity index (χ4n) is 6.42. The number of phosphoric acid groups is 1. The van der Waals surface area contributed by atoms with Crippen LogP contribution >= 0.6 is 7.82 Å². The Morgan fingerprint density at radius 1 is 0.533 bits per heavy atom. The molecule has 0 saturated heterocycles. The molecule has 0 heterocycles. The number of amides is 1. The molecule has 0 aromatic heterocycles. The van der Waals surface area contributed by atoms with E-state index in [1.54, 1.807) is 0 Å². The maximum absolute atomic E-state index is 12.3. The number of aliphatic hydroxyl groups excluding tert-OH is 1. The molecule has 3 atom stereocenters. The number of aliphatic hydroxyl groups is 1. The summed E-state index contributed by atoms with van der Waals surface area (Å²) in [4.78, 5) is 46.0. The minimum atomic E-state index is -4.77. The molecule has 348 valence electrons. The van der Waals surface area contributed by atoms with Crippen LogP contribution in [0.15, 0.2) is 48.6 Å². The van der Waals surface area contributed by atoms with Crippen LogP contribution in [0.5, 0.6) is 0 Å². The molecule has 0 rings (SSSR count). The Morgan fingerprint density at radius 3 is 1.40 bits per heavy atom. The van der Waals surface area contributed by atoms with E-state index in [0.29, 0.717) is 12.8 Å². The Bertz CT molecular complexity index is 1200. The first-order valence-corrected chi connectivity index (χ1v) is 25.2. The molecule has 0 aromatic carbocycles. The third-order valence-corrected chi connectivity index (χ3v) is 11.1. The van der Waals surface area contributed by atoms with Gasteiger partial charge >= 0.3 is 19.8 Å². The molecule has 0 aliphatic heterocycles. The van der Waals surface area contributed by atoms with E-state index in [2.05, 4.69) is 67.8 Å². The molecule has 0 aliphatic carbocycles. The Labute approximate surface area is 364 Å². The monoisotopic (exact) mass is 868 g/mol. The van der Waals surface area contributed by atoms with E-state index < -0.39 is 57.6 Å². The van der Waals surface area contributed by atoms with Gasteiger partial charge in [-0.3, -0.25) is 18.6 Å². The predicted octanol–water partition coefficient (Wildman–Crippen LogP) is 12.6. The third kappa shape index (κ3) is 42.1. The van der Waals surface area contributed by atoms with Crippen molar-refractivity contribution in [2.75, 3.05) is 19.8 Å². The van der Waals surface area contributed by atoms with Crippen molar-refractivity contribution in [1.82, 2.24) is 5.32 Å². The van der Waals surface area contributed by atoms with Gasteiger partial charge in [-0.2, -0.15) is 0 Å². The number of allylic oxidation sites excluding steroid dienone is 8. The van der Waals surface area contributed by atoms with Crippen molar-refractivity contribution in [1.29, 1.82) is 0 Å². The third-order valence-electron chi connectivity index (χ3n) is 10.1. The molecule has 0 aliphatic rings. The van der Waals surface area contributed by atoms with E-state index in [9.17, 15) is 34.1 Å². The van der Waals surface area contributed by atoms with Gasteiger partial charge in [0.2, 0.25) is 5.91 Å². The zero-order chi connectivity index (χ0) is 44.2. The number of carboxylic acid groups (broad SMARTS) is 1. The summed E-state index contributed by atoms with van der Waals surface area (Å²) >= 11 is 0. The molecule has 3 unspecified atom stereocenters. The van der Waals surface area contributed by atoms with Crippen LogP contribution in [0.4, 0.5) is 0 Å². The highest BCUT2D eigenvalue weighted by molar-refractivity contribution is 7.47. The average molecular weight is 868 g/mol. The number of unbranched alkanes of at least 4 members (excludes halogenated alkanes) is 22. The van der Waals surface area contributed by atoms with Gasteiger partial charge in [0.25, 0.3) is 0 Å². The van der Waals surface area contributed by atoms with Crippen LogP contribution in [-0.4, -0.2) is 64.9 Å².